The monoisotopic (exact) mass is 285 g/mol. The Labute approximate surface area is 121 Å². The van der Waals surface area contributed by atoms with Gasteiger partial charge in [-0.1, -0.05) is 0 Å². The Balaban J connectivity index is 5.31. The van der Waals surface area contributed by atoms with Gasteiger partial charge < -0.3 is 0 Å². The third-order valence-electron chi connectivity index (χ3n) is 3.07. The van der Waals surface area contributed by atoms with Crippen molar-refractivity contribution in [1.29, 1.82) is 5.26 Å². The van der Waals surface area contributed by atoms with Crippen LogP contribution in [0.15, 0.2) is 0 Å². The number of hydrogen-bond donors (Lipinski definition) is 0. The van der Waals surface area contributed by atoms with E-state index in [0.717, 1.165) is 6.16 Å². The molecule has 0 aromatic rings. The van der Waals surface area contributed by atoms with E-state index < -0.39 is 8.22 Å². The molecule has 0 fully saturated rings. The van der Waals surface area contributed by atoms with E-state index in [1.165, 1.54) is 0 Å². The first-order valence-electron chi connectivity index (χ1n) is 7.44. The molecule has 0 N–H and O–H groups in total. The van der Waals surface area contributed by atoms with Crippen molar-refractivity contribution in [2.45, 2.75) is 86.0 Å². The van der Waals surface area contributed by atoms with Gasteiger partial charge in [-0.2, -0.15) is 5.26 Å². The summed E-state index contributed by atoms with van der Waals surface area (Å²) in [6, 6.07) is 4.40. The first kappa shape index (κ1) is 18.8. The zero-order valence-corrected chi connectivity index (χ0v) is 14.9. The lowest BCUT2D eigenvalue weighted by Gasteiger charge is -2.47. The predicted octanol–water partition coefficient (Wildman–Crippen LogP) is 4.45. The van der Waals surface area contributed by atoms with Gasteiger partial charge in [0.1, 0.15) is 0 Å². The highest BCUT2D eigenvalue weighted by Crippen LogP contribution is 2.49. The van der Waals surface area contributed by atoms with Crippen molar-refractivity contribution < 1.29 is 0 Å². The Bertz CT molecular complexity index is 246. The molecule has 112 valence electrons. The molecule has 0 saturated heterocycles. The van der Waals surface area contributed by atoms with Gasteiger partial charge in [-0.15, -0.1) is 0 Å². The largest absolute Gasteiger partial charge is 0.265 e. The van der Waals surface area contributed by atoms with E-state index in [9.17, 15) is 0 Å². The average Bonchev–Trinajstić information content (AvgIpc) is 2.23. The van der Waals surface area contributed by atoms with E-state index in [2.05, 4.69) is 70.8 Å². The highest BCUT2D eigenvalue weighted by Gasteiger charge is 2.31. The number of nitriles is 1. The van der Waals surface area contributed by atoms with Crippen LogP contribution in [0, 0.1) is 11.3 Å². The molecule has 0 aliphatic heterocycles. The summed E-state index contributed by atoms with van der Waals surface area (Å²) in [5.74, 6) is 0. The number of hydrogen-bond acceptors (Lipinski definition) is 3. The summed E-state index contributed by atoms with van der Waals surface area (Å²) in [6.07, 6.45) is 1.64. The summed E-state index contributed by atoms with van der Waals surface area (Å²) in [5.41, 5.74) is 0. The van der Waals surface area contributed by atoms with Crippen LogP contribution in [0.2, 0.25) is 0 Å². The van der Waals surface area contributed by atoms with Gasteiger partial charge in [0.05, 0.1) is 6.07 Å². The maximum atomic E-state index is 8.96. The second-order valence-electron chi connectivity index (χ2n) is 6.14. The van der Waals surface area contributed by atoms with Crippen LogP contribution in [0.4, 0.5) is 0 Å². The van der Waals surface area contributed by atoms with Gasteiger partial charge in [-0.05, 0) is 55.4 Å². The highest BCUT2D eigenvalue weighted by atomic mass is 31.1. The Hall–Kier alpha value is -0.160. The second kappa shape index (κ2) is 8.90. The molecule has 0 bridgehead atoms. The van der Waals surface area contributed by atoms with E-state index in [1.807, 2.05) is 0 Å². The molecule has 0 aromatic heterocycles. The molecule has 0 aliphatic carbocycles. The lowest BCUT2D eigenvalue weighted by atomic mass is 10.3. The Morgan fingerprint density at radius 3 is 1.32 bits per heavy atom. The van der Waals surface area contributed by atoms with Crippen LogP contribution in [0.3, 0.4) is 0 Å². The maximum absolute atomic E-state index is 8.96. The van der Waals surface area contributed by atoms with Crippen molar-refractivity contribution >= 4 is 8.22 Å². The molecule has 0 unspecified atom stereocenters. The molecule has 4 heteroatoms. The minimum Gasteiger partial charge on any atom is -0.265 e. The Kier molecular flexibility index (Phi) is 8.83. The number of nitrogens with zero attached hydrogens (tertiary/aromatic N) is 3. The van der Waals surface area contributed by atoms with Crippen molar-refractivity contribution in [3.05, 3.63) is 0 Å². The summed E-state index contributed by atoms with van der Waals surface area (Å²) in [4.78, 5) is 0. The van der Waals surface area contributed by atoms with Gasteiger partial charge in [0.15, 0.2) is 0 Å². The molecule has 0 aliphatic rings. The fraction of sp³-hybridized carbons (Fsp3) is 0.933. The van der Waals surface area contributed by atoms with Crippen LogP contribution < -0.4 is 0 Å². The number of rotatable bonds is 8. The van der Waals surface area contributed by atoms with Crippen LogP contribution in [0.25, 0.3) is 0 Å². The molecular formula is C15H32N3P. The molecule has 0 radical (unpaired) electrons. The first-order chi connectivity index (χ1) is 8.73. The second-order valence-corrected chi connectivity index (χ2v) is 8.25. The van der Waals surface area contributed by atoms with Gasteiger partial charge in [-0.25, -0.2) is 0 Å². The zero-order chi connectivity index (χ0) is 15.2. The van der Waals surface area contributed by atoms with Crippen LogP contribution >= 0.6 is 8.22 Å². The molecule has 0 spiro atoms. The molecule has 0 saturated carbocycles. The molecule has 3 nitrogen and oxygen atoms in total. The van der Waals surface area contributed by atoms with Crippen molar-refractivity contribution in [2.24, 2.45) is 0 Å². The minimum atomic E-state index is -0.407. The van der Waals surface area contributed by atoms with E-state index in [4.69, 9.17) is 5.26 Å². The first-order valence-corrected chi connectivity index (χ1v) is 8.88. The van der Waals surface area contributed by atoms with Crippen LogP contribution in [0.1, 0.15) is 61.8 Å². The van der Waals surface area contributed by atoms with E-state index >= 15 is 0 Å². The summed E-state index contributed by atoms with van der Waals surface area (Å²) in [5, 5.41) is 8.96. The summed E-state index contributed by atoms with van der Waals surface area (Å²) >= 11 is 0. The van der Waals surface area contributed by atoms with E-state index in [0.29, 0.717) is 30.6 Å². The van der Waals surface area contributed by atoms with Crippen molar-refractivity contribution in [1.82, 2.24) is 9.34 Å². The predicted molar refractivity (Wildman–Crippen MR) is 86.2 cm³/mol. The van der Waals surface area contributed by atoms with Crippen molar-refractivity contribution in [2.75, 3.05) is 6.16 Å². The maximum Gasteiger partial charge on any atom is 0.0626 e. The van der Waals surface area contributed by atoms with Crippen molar-refractivity contribution in [3.8, 4) is 6.07 Å². The zero-order valence-electron chi connectivity index (χ0n) is 14.0. The van der Waals surface area contributed by atoms with Crippen LogP contribution in [0.5, 0.6) is 0 Å². The van der Waals surface area contributed by atoms with Crippen LogP contribution in [-0.2, 0) is 0 Å². The van der Waals surface area contributed by atoms with Gasteiger partial charge in [-0.3, -0.25) is 9.34 Å². The fourth-order valence-corrected chi connectivity index (χ4v) is 5.89. The smallest absolute Gasteiger partial charge is 0.0626 e. The molecule has 0 heterocycles. The minimum absolute atomic E-state index is 0.407. The quantitative estimate of drug-likeness (QED) is 0.617. The van der Waals surface area contributed by atoms with Gasteiger partial charge in [0.2, 0.25) is 0 Å². The van der Waals surface area contributed by atoms with Gasteiger partial charge in [0, 0.05) is 45.0 Å². The standard InChI is InChI=1S/C15H32N3P/c1-12(2)17(13(3)4)19(11-9-10-16)18(14(5)6)15(7)8/h12-15H,9,11H2,1-8H3. The normalized spacial score (nSPS) is 12.7. The molecule has 19 heavy (non-hydrogen) atoms. The van der Waals surface area contributed by atoms with Crippen LogP contribution in [-0.4, -0.2) is 39.7 Å². The molecule has 0 rings (SSSR count). The molecule has 0 atom stereocenters. The molecule has 0 amide bonds. The fourth-order valence-electron chi connectivity index (χ4n) is 2.76. The highest BCUT2D eigenvalue weighted by molar-refractivity contribution is 7.52. The Morgan fingerprint density at radius 2 is 1.11 bits per heavy atom. The SMILES string of the molecule is CC(C)N(C(C)C)P(CCC#N)N(C(C)C)C(C)C. The lowest BCUT2D eigenvalue weighted by molar-refractivity contribution is 0.256. The average molecular weight is 285 g/mol. The summed E-state index contributed by atoms with van der Waals surface area (Å²) in [6.45, 7) is 18.1. The summed E-state index contributed by atoms with van der Waals surface area (Å²) < 4.78 is 5.21. The Morgan fingerprint density at radius 1 is 0.789 bits per heavy atom. The van der Waals surface area contributed by atoms with Gasteiger partial charge >= 0.3 is 0 Å². The lowest BCUT2D eigenvalue weighted by Crippen LogP contribution is -2.43. The summed E-state index contributed by atoms with van der Waals surface area (Å²) in [7, 11) is -0.407. The third kappa shape index (κ3) is 5.78. The van der Waals surface area contributed by atoms with E-state index in [1.54, 1.807) is 0 Å². The van der Waals surface area contributed by atoms with Crippen molar-refractivity contribution in [3.63, 3.8) is 0 Å². The van der Waals surface area contributed by atoms with E-state index in [-0.39, 0.29) is 0 Å². The molecular weight excluding hydrogens is 253 g/mol. The molecule has 0 aromatic carbocycles. The third-order valence-corrected chi connectivity index (χ3v) is 6.61. The van der Waals surface area contributed by atoms with Gasteiger partial charge in [0.25, 0.3) is 0 Å². The topological polar surface area (TPSA) is 30.3 Å².